The Hall–Kier alpha value is -0.610. The predicted octanol–water partition coefficient (Wildman–Crippen LogP) is 3.26. The molecule has 0 N–H and O–H groups in total. The number of halogens is 3. The van der Waals surface area contributed by atoms with Crippen molar-refractivity contribution < 1.29 is 13.2 Å². The van der Waals surface area contributed by atoms with E-state index in [-0.39, 0.29) is 6.42 Å². The lowest BCUT2D eigenvalue weighted by Crippen LogP contribution is -2.39. The molecule has 0 rings (SSSR count). The molecular formula is C7H12F3NO. The molecule has 0 aromatic rings. The molecule has 0 spiro atoms. The number of alkyl halides is 3. The molecule has 0 saturated heterocycles. The molecule has 0 aromatic carbocycles. The van der Waals surface area contributed by atoms with Crippen molar-refractivity contribution >= 4 is 0 Å². The summed E-state index contributed by atoms with van der Waals surface area (Å²) in [5.41, 5.74) is -2.40. The molecule has 0 heterocycles. The van der Waals surface area contributed by atoms with Crippen molar-refractivity contribution in [3.63, 3.8) is 0 Å². The SMILES string of the molecule is CCCCC(C)(N=O)C(F)(F)F. The monoisotopic (exact) mass is 183 g/mol. The van der Waals surface area contributed by atoms with Crippen LogP contribution in [0.5, 0.6) is 0 Å². The lowest BCUT2D eigenvalue weighted by Gasteiger charge is -2.23. The minimum absolute atomic E-state index is 0.226. The van der Waals surface area contributed by atoms with Crippen molar-refractivity contribution in [1.29, 1.82) is 0 Å². The predicted molar refractivity (Wildman–Crippen MR) is 39.8 cm³/mol. The van der Waals surface area contributed by atoms with E-state index in [0.717, 1.165) is 6.92 Å². The van der Waals surface area contributed by atoms with Gasteiger partial charge in [0.15, 0.2) is 5.54 Å². The second-order valence-electron chi connectivity index (χ2n) is 2.97. The highest BCUT2D eigenvalue weighted by Crippen LogP contribution is 2.37. The van der Waals surface area contributed by atoms with Gasteiger partial charge in [-0.25, -0.2) is 0 Å². The highest BCUT2D eigenvalue weighted by Gasteiger charge is 2.52. The van der Waals surface area contributed by atoms with Crippen LogP contribution in [0.2, 0.25) is 0 Å². The van der Waals surface area contributed by atoms with Gasteiger partial charge in [0.25, 0.3) is 0 Å². The normalized spacial score (nSPS) is 17.1. The van der Waals surface area contributed by atoms with E-state index in [4.69, 9.17) is 0 Å². The fraction of sp³-hybridized carbons (Fsp3) is 1.00. The van der Waals surface area contributed by atoms with Gasteiger partial charge in [0, 0.05) is 0 Å². The van der Waals surface area contributed by atoms with Crippen LogP contribution < -0.4 is 0 Å². The van der Waals surface area contributed by atoms with Gasteiger partial charge in [-0.2, -0.15) is 13.2 Å². The van der Waals surface area contributed by atoms with E-state index in [2.05, 4.69) is 5.18 Å². The number of nitroso groups, excluding NO2 is 1. The third kappa shape index (κ3) is 2.46. The van der Waals surface area contributed by atoms with Crippen LogP contribution in [-0.4, -0.2) is 11.7 Å². The fourth-order valence-corrected chi connectivity index (χ4v) is 0.760. The summed E-state index contributed by atoms with van der Waals surface area (Å²) in [6.07, 6.45) is -3.76. The number of unbranched alkanes of at least 4 members (excludes halogenated alkanes) is 1. The second kappa shape index (κ2) is 3.87. The van der Waals surface area contributed by atoms with Crippen LogP contribution in [0.4, 0.5) is 13.2 Å². The highest BCUT2D eigenvalue weighted by atomic mass is 19.4. The van der Waals surface area contributed by atoms with Crippen LogP contribution in [0.1, 0.15) is 33.1 Å². The first-order valence-electron chi connectivity index (χ1n) is 3.78. The topological polar surface area (TPSA) is 29.4 Å². The third-order valence-electron chi connectivity index (χ3n) is 1.83. The molecule has 5 heteroatoms. The Morgan fingerprint density at radius 2 is 1.83 bits per heavy atom. The zero-order valence-electron chi connectivity index (χ0n) is 7.11. The Bertz CT molecular complexity index is 157. The van der Waals surface area contributed by atoms with Gasteiger partial charge in [0.1, 0.15) is 0 Å². The molecule has 0 saturated carbocycles. The molecule has 0 radical (unpaired) electrons. The molecule has 12 heavy (non-hydrogen) atoms. The summed E-state index contributed by atoms with van der Waals surface area (Å²) >= 11 is 0. The summed E-state index contributed by atoms with van der Waals surface area (Å²) in [4.78, 5) is 10.0. The lowest BCUT2D eigenvalue weighted by molar-refractivity contribution is -0.182. The first-order chi connectivity index (χ1) is 5.37. The first-order valence-corrected chi connectivity index (χ1v) is 3.78. The zero-order chi connectivity index (χ0) is 9.83. The maximum atomic E-state index is 12.1. The molecule has 0 aliphatic rings. The van der Waals surface area contributed by atoms with Gasteiger partial charge < -0.3 is 0 Å². The van der Waals surface area contributed by atoms with Gasteiger partial charge in [0.05, 0.1) is 0 Å². The molecule has 0 fully saturated rings. The number of rotatable bonds is 4. The Balaban J connectivity index is 4.35. The molecule has 0 amide bonds. The molecule has 1 unspecified atom stereocenters. The van der Waals surface area contributed by atoms with Gasteiger partial charge in [-0.15, -0.1) is 4.91 Å². The minimum Gasteiger partial charge on any atom is -0.168 e. The third-order valence-corrected chi connectivity index (χ3v) is 1.83. The van der Waals surface area contributed by atoms with Crippen LogP contribution in [0.25, 0.3) is 0 Å². The first kappa shape index (κ1) is 11.4. The lowest BCUT2D eigenvalue weighted by atomic mass is 9.96. The standard InChI is InChI=1S/C7H12F3NO/c1-3-4-5-6(2,11-12)7(8,9)10/h3-5H2,1-2H3. The summed E-state index contributed by atoms with van der Waals surface area (Å²) in [6, 6.07) is 0. The average molecular weight is 183 g/mol. The maximum Gasteiger partial charge on any atom is 0.416 e. The summed E-state index contributed by atoms with van der Waals surface area (Å²) in [5, 5.41) is 2.15. The van der Waals surface area contributed by atoms with E-state index in [1.807, 2.05) is 0 Å². The van der Waals surface area contributed by atoms with Gasteiger partial charge in [-0.3, -0.25) is 0 Å². The van der Waals surface area contributed by atoms with E-state index in [0.29, 0.717) is 12.8 Å². The zero-order valence-corrected chi connectivity index (χ0v) is 7.11. The Morgan fingerprint density at radius 3 is 2.08 bits per heavy atom. The second-order valence-corrected chi connectivity index (χ2v) is 2.97. The molecule has 1 atom stereocenters. The Labute approximate surface area is 69.1 Å². The van der Waals surface area contributed by atoms with Crippen molar-refractivity contribution in [2.45, 2.75) is 44.8 Å². The smallest absolute Gasteiger partial charge is 0.168 e. The van der Waals surface area contributed by atoms with Crippen molar-refractivity contribution in [3.05, 3.63) is 4.91 Å². The number of nitrogens with zero attached hydrogens (tertiary/aromatic N) is 1. The fourth-order valence-electron chi connectivity index (χ4n) is 0.760. The van der Waals surface area contributed by atoms with Crippen molar-refractivity contribution in [1.82, 2.24) is 0 Å². The van der Waals surface area contributed by atoms with Crippen molar-refractivity contribution in [3.8, 4) is 0 Å². The van der Waals surface area contributed by atoms with Crippen molar-refractivity contribution in [2.75, 3.05) is 0 Å². The van der Waals surface area contributed by atoms with Crippen molar-refractivity contribution in [2.24, 2.45) is 5.18 Å². The van der Waals surface area contributed by atoms with E-state index >= 15 is 0 Å². The van der Waals surface area contributed by atoms with E-state index in [1.54, 1.807) is 6.92 Å². The summed E-state index contributed by atoms with van der Waals surface area (Å²) in [6.45, 7) is 2.59. The molecule has 0 aliphatic heterocycles. The van der Waals surface area contributed by atoms with Crippen LogP contribution in [0, 0.1) is 4.91 Å². The van der Waals surface area contributed by atoms with Crippen LogP contribution >= 0.6 is 0 Å². The minimum atomic E-state index is -4.52. The highest BCUT2D eigenvalue weighted by molar-refractivity contribution is 4.89. The van der Waals surface area contributed by atoms with Gasteiger partial charge in [0.2, 0.25) is 0 Å². The summed E-state index contributed by atoms with van der Waals surface area (Å²) in [7, 11) is 0. The number of hydrogen-bond donors (Lipinski definition) is 0. The van der Waals surface area contributed by atoms with Gasteiger partial charge in [-0.05, 0) is 13.3 Å². The molecular weight excluding hydrogens is 171 g/mol. The van der Waals surface area contributed by atoms with E-state index in [9.17, 15) is 18.1 Å². The number of hydrogen-bond acceptors (Lipinski definition) is 2. The van der Waals surface area contributed by atoms with E-state index in [1.165, 1.54) is 0 Å². The maximum absolute atomic E-state index is 12.1. The quantitative estimate of drug-likeness (QED) is 0.615. The van der Waals surface area contributed by atoms with Crippen LogP contribution in [0.15, 0.2) is 5.18 Å². The largest absolute Gasteiger partial charge is 0.416 e. The van der Waals surface area contributed by atoms with Crippen LogP contribution in [0.3, 0.4) is 0 Å². The average Bonchev–Trinajstić information content (AvgIpc) is 1.98. The molecule has 0 aliphatic carbocycles. The van der Waals surface area contributed by atoms with Crippen LogP contribution in [-0.2, 0) is 0 Å². The summed E-state index contributed by atoms with van der Waals surface area (Å²) in [5.74, 6) is 0. The van der Waals surface area contributed by atoms with Gasteiger partial charge >= 0.3 is 6.18 Å². The van der Waals surface area contributed by atoms with E-state index < -0.39 is 11.7 Å². The van der Waals surface area contributed by atoms with Gasteiger partial charge in [-0.1, -0.05) is 24.9 Å². The Kier molecular flexibility index (Phi) is 3.67. The Morgan fingerprint density at radius 1 is 1.33 bits per heavy atom. The molecule has 2 nitrogen and oxygen atoms in total. The summed E-state index contributed by atoms with van der Waals surface area (Å²) < 4.78 is 36.4. The molecule has 0 aromatic heterocycles. The molecule has 72 valence electrons. The molecule has 0 bridgehead atoms.